The van der Waals surface area contributed by atoms with Gasteiger partial charge in [0.05, 0.1) is 0 Å². The van der Waals surface area contributed by atoms with Gasteiger partial charge in [-0.15, -0.1) is 0 Å². The first kappa shape index (κ1) is 19.4. The first-order valence-electron chi connectivity index (χ1n) is 11.0. The number of carbonyl (C=O) groups is 2. The van der Waals surface area contributed by atoms with Crippen LogP contribution >= 0.6 is 0 Å². The van der Waals surface area contributed by atoms with Gasteiger partial charge in [-0.25, -0.2) is 0 Å². The monoisotopic (exact) mass is 383 g/mol. The molecule has 1 heterocycles. The van der Waals surface area contributed by atoms with Crippen LogP contribution in [0.2, 0.25) is 0 Å². The fraction of sp³-hybridized carbons (Fsp3) is 0.652. The molecule has 1 aromatic rings. The zero-order valence-corrected chi connectivity index (χ0v) is 17.2. The lowest BCUT2D eigenvalue weighted by Gasteiger charge is -2.39. The van der Waals surface area contributed by atoms with Crippen molar-refractivity contribution in [3.05, 3.63) is 29.3 Å². The van der Waals surface area contributed by atoms with Crippen LogP contribution in [0.15, 0.2) is 18.2 Å². The highest BCUT2D eigenvalue weighted by Crippen LogP contribution is 2.30. The van der Waals surface area contributed by atoms with Gasteiger partial charge >= 0.3 is 0 Å². The number of nitrogens with one attached hydrogen (secondary N) is 1. The van der Waals surface area contributed by atoms with Gasteiger partial charge in [0.25, 0.3) is 0 Å². The minimum atomic E-state index is 0.196. The van der Waals surface area contributed by atoms with E-state index < -0.39 is 0 Å². The summed E-state index contributed by atoms with van der Waals surface area (Å²) in [5.74, 6) is 0.842. The first-order chi connectivity index (χ1) is 13.5. The van der Waals surface area contributed by atoms with E-state index in [1.54, 1.807) is 0 Å². The molecule has 1 saturated carbocycles. The highest BCUT2D eigenvalue weighted by Gasteiger charge is 2.31. The number of fused-ring (bicyclic) bond motifs is 1. The molecule has 1 amide bonds. The Morgan fingerprint density at radius 1 is 1.04 bits per heavy atom. The summed E-state index contributed by atoms with van der Waals surface area (Å²) >= 11 is 0. The van der Waals surface area contributed by atoms with E-state index in [1.165, 1.54) is 5.56 Å². The van der Waals surface area contributed by atoms with Crippen LogP contribution < -0.4 is 5.32 Å². The zero-order valence-electron chi connectivity index (χ0n) is 17.2. The van der Waals surface area contributed by atoms with Crippen molar-refractivity contribution in [2.24, 2.45) is 5.92 Å². The van der Waals surface area contributed by atoms with Gasteiger partial charge in [-0.3, -0.25) is 14.5 Å². The molecule has 1 saturated heterocycles. The van der Waals surface area contributed by atoms with Gasteiger partial charge in [0, 0.05) is 61.9 Å². The van der Waals surface area contributed by atoms with Crippen LogP contribution in [-0.4, -0.2) is 59.8 Å². The number of aryl methyl sites for hydroxylation is 1. The van der Waals surface area contributed by atoms with Crippen LogP contribution in [0.4, 0.5) is 5.69 Å². The predicted octanol–water partition coefficient (Wildman–Crippen LogP) is 3.34. The van der Waals surface area contributed by atoms with Crippen molar-refractivity contribution in [2.45, 2.75) is 64.5 Å². The number of anilines is 1. The lowest BCUT2D eigenvalue weighted by atomic mass is 9.85. The summed E-state index contributed by atoms with van der Waals surface area (Å²) in [6.45, 7) is 8.21. The summed E-state index contributed by atoms with van der Waals surface area (Å²) in [6, 6.07) is 7.14. The number of carbonyl (C=O) groups excluding carboxylic acids is 2. The maximum absolute atomic E-state index is 12.9. The van der Waals surface area contributed by atoms with E-state index in [1.807, 2.05) is 12.1 Å². The number of rotatable bonds is 4. The van der Waals surface area contributed by atoms with E-state index in [9.17, 15) is 9.59 Å². The average Bonchev–Trinajstić information content (AvgIpc) is 3.08. The molecule has 0 bridgehead atoms. The van der Waals surface area contributed by atoms with Crippen molar-refractivity contribution in [1.29, 1.82) is 0 Å². The number of amides is 1. The summed E-state index contributed by atoms with van der Waals surface area (Å²) in [6.07, 6.45) is 5.55. The Bertz CT molecular complexity index is 729. The Kier molecular flexibility index (Phi) is 5.72. The molecule has 0 atom stereocenters. The summed E-state index contributed by atoms with van der Waals surface area (Å²) in [5.41, 5.74) is 3.20. The number of hydrogen-bond acceptors (Lipinski definition) is 4. The third-order valence-corrected chi connectivity index (χ3v) is 6.83. The van der Waals surface area contributed by atoms with E-state index in [0.717, 1.165) is 69.5 Å². The molecule has 2 aliphatic carbocycles. The van der Waals surface area contributed by atoms with Crippen LogP contribution in [0.1, 0.15) is 61.9 Å². The van der Waals surface area contributed by atoms with E-state index in [-0.39, 0.29) is 11.7 Å². The molecular formula is C23H33N3O2. The Labute approximate surface area is 168 Å². The Morgan fingerprint density at radius 2 is 1.75 bits per heavy atom. The standard InChI is InChI=1S/C23H33N3O2/c1-16(2)25-11-13-26(14-12-25)23(28)17-3-6-19(7-4-17)24-20-8-9-21-18(15-20)5-10-22(21)27/h8-9,15-17,19,24H,3-7,10-14H2,1-2H3. The molecule has 5 nitrogen and oxygen atoms in total. The second-order valence-corrected chi connectivity index (χ2v) is 8.94. The largest absolute Gasteiger partial charge is 0.382 e. The average molecular weight is 384 g/mol. The van der Waals surface area contributed by atoms with Crippen LogP contribution in [0.5, 0.6) is 0 Å². The Hall–Kier alpha value is -1.88. The third kappa shape index (κ3) is 4.09. The lowest BCUT2D eigenvalue weighted by molar-refractivity contribution is -0.138. The Morgan fingerprint density at radius 3 is 2.43 bits per heavy atom. The summed E-state index contributed by atoms with van der Waals surface area (Å²) in [4.78, 5) is 29.2. The zero-order chi connectivity index (χ0) is 19.7. The fourth-order valence-electron chi connectivity index (χ4n) is 4.98. The van der Waals surface area contributed by atoms with Gasteiger partial charge in [0.1, 0.15) is 0 Å². The van der Waals surface area contributed by atoms with Crippen molar-refractivity contribution in [2.75, 3.05) is 31.5 Å². The molecular weight excluding hydrogens is 350 g/mol. The summed E-state index contributed by atoms with van der Waals surface area (Å²) < 4.78 is 0. The van der Waals surface area contributed by atoms with Crippen molar-refractivity contribution < 1.29 is 9.59 Å². The van der Waals surface area contributed by atoms with Crippen LogP contribution in [0.25, 0.3) is 0 Å². The smallest absolute Gasteiger partial charge is 0.225 e. The Balaban J connectivity index is 1.26. The quantitative estimate of drug-likeness (QED) is 0.866. The normalized spacial score (nSPS) is 25.8. The van der Waals surface area contributed by atoms with Crippen molar-refractivity contribution in [1.82, 2.24) is 9.80 Å². The highest BCUT2D eigenvalue weighted by molar-refractivity contribution is 6.00. The lowest BCUT2D eigenvalue weighted by Crippen LogP contribution is -2.52. The van der Waals surface area contributed by atoms with Gasteiger partial charge < -0.3 is 10.2 Å². The molecule has 0 unspecified atom stereocenters. The minimum absolute atomic E-state index is 0.196. The fourth-order valence-corrected chi connectivity index (χ4v) is 4.98. The van der Waals surface area contributed by atoms with E-state index >= 15 is 0 Å². The maximum Gasteiger partial charge on any atom is 0.225 e. The number of Topliss-reactive ketones (excluding diaryl/α,β-unsaturated/α-hetero) is 1. The molecule has 1 aromatic carbocycles. The second kappa shape index (κ2) is 8.24. The van der Waals surface area contributed by atoms with Crippen molar-refractivity contribution >= 4 is 17.4 Å². The van der Waals surface area contributed by atoms with Crippen LogP contribution in [0, 0.1) is 5.92 Å². The first-order valence-corrected chi connectivity index (χ1v) is 11.0. The molecule has 1 aliphatic heterocycles. The van der Waals surface area contributed by atoms with E-state index in [4.69, 9.17) is 0 Å². The molecule has 2 fully saturated rings. The number of hydrogen-bond donors (Lipinski definition) is 1. The van der Waals surface area contributed by atoms with Gasteiger partial charge in [-0.2, -0.15) is 0 Å². The molecule has 0 spiro atoms. The second-order valence-electron chi connectivity index (χ2n) is 8.94. The number of piperazine rings is 1. The number of nitrogens with zero attached hydrogens (tertiary/aromatic N) is 2. The molecule has 0 aromatic heterocycles. The topological polar surface area (TPSA) is 52.6 Å². The van der Waals surface area contributed by atoms with Gasteiger partial charge in [-0.05, 0) is 69.7 Å². The molecule has 4 rings (SSSR count). The number of ketones is 1. The molecule has 1 N–H and O–H groups in total. The van der Waals surface area contributed by atoms with Gasteiger partial charge in [-0.1, -0.05) is 0 Å². The summed E-state index contributed by atoms with van der Waals surface area (Å²) in [5, 5.41) is 3.64. The number of benzene rings is 1. The molecule has 3 aliphatic rings. The molecule has 5 heteroatoms. The van der Waals surface area contributed by atoms with Gasteiger partial charge in [0.15, 0.2) is 5.78 Å². The van der Waals surface area contributed by atoms with Gasteiger partial charge in [0.2, 0.25) is 5.91 Å². The van der Waals surface area contributed by atoms with E-state index in [0.29, 0.717) is 24.4 Å². The summed E-state index contributed by atoms with van der Waals surface area (Å²) in [7, 11) is 0. The molecule has 152 valence electrons. The molecule has 0 radical (unpaired) electrons. The van der Waals surface area contributed by atoms with Crippen LogP contribution in [0.3, 0.4) is 0 Å². The van der Waals surface area contributed by atoms with Crippen molar-refractivity contribution in [3.8, 4) is 0 Å². The van der Waals surface area contributed by atoms with Crippen LogP contribution in [-0.2, 0) is 11.2 Å². The third-order valence-electron chi connectivity index (χ3n) is 6.83. The predicted molar refractivity (Wildman–Crippen MR) is 112 cm³/mol. The highest BCUT2D eigenvalue weighted by atomic mass is 16.2. The minimum Gasteiger partial charge on any atom is -0.382 e. The SMILES string of the molecule is CC(C)N1CCN(C(=O)C2CCC(Nc3ccc4c(c3)CCC4=O)CC2)CC1. The molecule has 28 heavy (non-hydrogen) atoms. The maximum atomic E-state index is 12.9. The van der Waals surface area contributed by atoms with Crippen molar-refractivity contribution in [3.63, 3.8) is 0 Å². The van der Waals surface area contributed by atoms with E-state index in [2.05, 4.69) is 35.0 Å².